The fourth-order valence-electron chi connectivity index (χ4n) is 1.38. The standard InChI is InChI=1S/C12H15N5O2S/c1-9-8-10(17-19-9)16-11(18)13-6-3-7-20-12-14-4-2-5-15-12/h2,4-5,8H,3,6-7H2,1H3,(H2,13,16,17,18). The fraction of sp³-hybridized carbons (Fsp3) is 0.333. The summed E-state index contributed by atoms with van der Waals surface area (Å²) in [5, 5.41) is 9.74. The molecule has 0 fully saturated rings. The van der Waals surface area contributed by atoms with Crippen LogP contribution in [0.25, 0.3) is 0 Å². The van der Waals surface area contributed by atoms with Gasteiger partial charge >= 0.3 is 6.03 Å². The number of aryl methyl sites for hydroxylation is 1. The van der Waals surface area contributed by atoms with Gasteiger partial charge in [0.15, 0.2) is 11.0 Å². The predicted octanol–water partition coefficient (Wildman–Crippen LogP) is 2.08. The molecule has 2 N–H and O–H groups in total. The lowest BCUT2D eigenvalue weighted by atomic mass is 10.5. The van der Waals surface area contributed by atoms with Gasteiger partial charge in [0.05, 0.1) is 0 Å². The minimum Gasteiger partial charge on any atom is -0.360 e. The monoisotopic (exact) mass is 293 g/mol. The molecule has 0 atom stereocenters. The molecule has 0 aliphatic rings. The van der Waals surface area contributed by atoms with Crippen LogP contribution >= 0.6 is 11.8 Å². The molecule has 2 heterocycles. The van der Waals surface area contributed by atoms with Gasteiger partial charge in [-0.3, -0.25) is 5.32 Å². The predicted molar refractivity (Wildman–Crippen MR) is 75.6 cm³/mol. The van der Waals surface area contributed by atoms with E-state index in [4.69, 9.17) is 4.52 Å². The van der Waals surface area contributed by atoms with Crippen LogP contribution in [0.2, 0.25) is 0 Å². The number of aromatic nitrogens is 3. The van der Waals surface area contributed by atoms with E-state index in [-0.39, 0.29) is 6.03 Å². The largest absolute Gasteiger partial charge is 0.360 e. The number of nitrogens with zero attached hydrogens (tertiary/aromatic N) is 3. The van der Waals surface area contributed by atoms with Gasteiger partial charge in [-0.2, -0.15) is 0 Å². The number of carbonyl (C=O) groups excluding carboxylic acids is 1. The van der Waals surface area contributed by atoms with Crippen LogP contribution in [0.15, 0.2) is 34.2 Å². The number of amides is 2. The summed E-state index contributed by atoms with van der Waals surface area (Å²) >= 11 is 1.56. The van der Waals surface area contributed by atoms with E-state index in [1.165, 1.54) is 0 Å². The lowest BCUT2D eigenvalue weighted by molar-refractivity contribution is 0.252. The minimum absolute atomic E-state index is 0.292. The number of nitrogens with one attached hydrogen (secondary N) is 2. The van der Waals surface area contributed by atoms with Gasteiger partial charge in [-0.1, -0.05) is 16.9 Å². The third-order valence-electron chi connectivity index (χ3n) is 2.25. The third kappa shape index (κ3) is 4.88. The highest BCUT2D eigenvalue weighted by atomic mass is 32.2. The molecule has 0 bridgehead atoms. The number of rotatable bonds is 6. The Morgan fingerprint density at radius 3 is 2.90 bits per heavy atom. The number of hydrogen-bond donors (Lipinski definition) is 2. The Kier molecular flexibility index (Phi) is 5.36. The Bertz CT molecular complexity index is 546. The summed E-state index contributed by atoms with van der Waals surface area (Å²) in [6.45, 7) is 2.33. The number of urea groups is 1. The zero-order chi connectivity index (χ0) is 14.2. The van der Waals surface area contributed by atoms with Crippen LogP contribution in [0, 0.1) is 6.92 Å². The Balaban J connectivity index is 1.58. The average Bonchev–Trinajstić information content (AvgIpc) is 2.85. The first-order valence-electron chi connectivity index (χ1n) is 6.12. The average molecular weight is 293 g/mol. The van der Waals surface area contributed by atoms with Crippen molar-refractivity contribution in [2.24, 2.45) is 0 Å². The van der Waals surface area contributed by atoms with Crippen LogP contribution in [-0.2, 0) is 0 Å². The van der Waals surface area contributed by atoms with Gasteiger partial charge in [0, 0.05) is 30.8 Å². The van der Waals surface area contributed by atoms with E-state index in [1.807, 2.05) is 0 Å². The second kappa shape index (κ2) is 7.49. The summed E-state index contributed by atoms with van der Waals surface area (Å²) in [6, 6.07) is 3.14. The SMILES string of the molecule is Cc1cc(NC(=O)NCCCSc2ncccn2)no1. The van der Waals surface area contributed by atoms with Crippen LogP contribution in [0.5, 0.6) is 0 Å². The number of anilines is 1. The molecule has 0 saturated carbocycles. The highest BCUT2D eigenvalue weighted by Crippen LogP contribution is 2.11. The van der Waals surface area contributed by atoms with Crippen LogP contribution < -0.4 is 10.6 Å². The van der Waals surface area contributed by atoms with Crippen LogP contribution in [0.3, 0.4) is 0 Å². The van der Waals surface area contributed by atoms with E-state index in [0.29, 0.717) is 18.1 Å². The van der Waals surface area contributed by atoms with Crippen molar-refractivity contribution in [1.29, 1.82) is 0 Å². The summed E-state index contributed by atoms with van der Waals surface area (Å²) in [7, 11) is 0. The minimum atomic E-state index is -0.292. The zero-order valence-electron chi connectivity index (χ0n) is 11.0. The second-order valence-electron chi connectivity index (χ2n) is 3.94. The van der Waals surface area contributed by atoms with E-state index < -0.39 is 0 Å². The molecule has 0 saturated heterocycles. The van der Waals surface area contributed by atoms with Gasteiger partial charge in [0.1, 0.15) is 5.76 Å². The Labute approximate surface area is 120 Å². The van der Waals surface area contributed by atoms with Crippen molar-refractivity contribution in [2.45, 2.75) is 18.5 Å². The summed E-state index contributed by atoms with van der Waals surface area (Å²) in [4.78, 5) is 19.7. The van der Waals surface area contributed by atoms with Crippen molar-refractivity contribution in [3.8, 4) is 0 Å². The van der Waals surface area contributed by atoms with E-state index in [9.17, 15) is 4.79 Å². The lowest BCUT2D eigenvalue weighted by Crippen LogP contribution is -2.29. The van der Waals surface area contributed by atoms with Crippen molar-refractivity contribution in [1.82, 2.24) is 20.4 Å². The van der Waals surface area contributed by atoms with Gasteiger partial charge in [-0.25, -0.2) is 14.8 Å². The summed E-state index contributed by atoms with van der Waals surface area (Å²) in [5.74, 6) is 1.90. The van der Waals surface area contributed by atoms with Gasteiger partial charge in [-0.15, -0.1) is 0 Å². The summed E-state index contributed by atoms with van der Waals surface area (Å²) in [6.07, 6.45) is 4.25. The highest BCUT2D eigenvalue weighted by molar-refractivity contribution is 7.99. The van der Waals surface area contributed by atoms with Crippen LogP contribution in [-0.4, -0.2) is 33.5 Å². The molecule has 0 aromatic carbocycles. The second-order valence-corrected chi connectivity index (χ2v) is 5.00. The molecule has 2 rings (SSSR count). The molecule has 2 aromatic rings. The van der Waals surface area contributed by atoms with Crippen molar-refractivity contribution < 1.29 is 9.32 Å². The van der Waals surface area contributed by atoms with Crippen LogP contribution in [0.4, 0.5) is 10.6 Å². The third-order valence-corrected chi connectivity index (χ3v) is 3.21. The van der Waals surface area contributed by atoms with Gasteiger partial charge in [0.2, 0.25) is 0 Å². The first kappa shape index (κ1) is 14.3. The summed E-state index contributed by atoms with van der Waals surface area (Å²) in [5.41, 5.74) is 0. The van der Waals surface area contributed by atoms with Crippen molar-refractivity contribution >= 4 is 23.6 Å². The first-order chi connectivity index (χ1) is 9.74. The fourth-order valence-corrected chi connectivity index (χ4v) is 2.13. The molecular formula is C12H15N5O2S. The number of hydrogen-bond acceptors (Lipinski definition) is 6. The Hall–Kier alpha value is -2.09. The van der Waals surface area contributed by atoms with Crippen molar-refractivity contribution in [2.75, 3.05) is 17.6 Å². The zero-order valence-corrected chi connectivity index (χ0v) is 11.8. The molecule has 0 radical (unpaired) electrons. The van der Waals surface area contributed by atoms with Crippen LogP contribution in [0.1, 0.15) is 12.2 Å². The molecule has 20 heavy (non-hydrogen) atoms. The van der Waals surface area contributed by atoms with Crippen molar-refractivity contribution in [3.63, 3.8) is 0 Å². The van der Waals surface area contributed by atoms with Gasteiger partial charge < -0.3 is 9.84 Å². The normalized spacial score (nSPS) is 10.2. The highest BCUT2D eigenvalue weighted by Gasteiger charge is 2.04. The topological polar surface area (TPSA) is 92.9 Å². The quantitative estimate of drug-likeness (QED) is 0.481. The molecule has 0 spiro atoms. The molecule has 0 aliphatic heterocycles. The molecule has 7 nitrogen and oxygen atoms in total. The summed E-state index contributed by atoms with van der Waals surface area (Å²) < 4.78 is 4.85. The Morgan fingerprint density at radius 2 is 2.20 bits per heavy atom. The smallest absolute Gasteiger partial charge is 0.320 e. The van der Waals surface area contributed by atoms with E-state index in [2.05, 4.69) is 25.8 Å². The molecule has 2 aromatic heterocycles. The van der Waals surface area contributed by atoms with E-state index in [0.717, 1.165) is 17.3 Å². The lowest BCUT2D eigenvalue weighted by Gasteiger charge is -2.04. The van der Waals surface area contributed by atoms with Crippen molar-refractivity contribution in [3.05, 3.63) is 30.3 Å². The molecule has 2 amide bonds. The molecule has 0 unspecified atom stereocenters. The van der Waals surface area contributed by atoms with E-state index >= 15 is 0 Å². The maximum absolute atomic E-state index is 11.5. The Morgan fingerprint density at radius 1 is 1.40 bits per heavy atom. The number of thioether (sulfide) groups is 1. The first-order valence-corrected chi connectivity index (χ1v) is 7.10. The van der Waals surface area contributed by atoms with E-state index in [1.54, 1.807) is 43.2 Å². The molecule has 0 aliphatic carbocycles. The number of carbonyl (C=O) groups is 1. The van der Waals surface area contributed by atoms with Gasteiger partial charge in [0.25, 0.3) is 0 Å². The molecule has 106 valence electrons. The maximum atomic E-state index is 11.5. The molecule has 8 heteroatoms. The molecular weight excluding hydrogens is 278 g/mol. The maximum Gasteiger partial charge on any atom is 0.320 e. The van der Waals surface area contributed by atoms with Gasteiger partial charge in [-0.05, 0) is 19.4 Å².